The summed E-state index contributed by atoms with van der Waals surface area (Å²) in [6.45, 7) is 1.20. The normalized spacial score (nSPS) is 18.4. The van der Waals surface area contributed by atoms with Gasteiger partial charge in [0.25, 0.3) is 0 Å². The van der Waals surface area contributed by atoms with Crippen molar-refractivity contribution >= 4 is 5.91 Å². The highest BCUT2D eigenvalue weighted by molar-refractivity contribution is 5.79. The molecule has 1 aromatic heterocycles. The molecule has 1 amide bonds. The minimum atomic E-state index is -4.39. The molecule has 1 saturated heterocycles. The average molecular weight is 351 g/mol. The highest BCUT2D eigenvalue weighted by Crippen LogP contribution is 2.30. The van der Waals surface area contributed by atoms with E-state index in [9.17, 15) is 18.0 Å². The van der Waals surface area contributed by atoms with E-state index < -0.39 is 11.7 Å². The van der Waals surface area contributed by atoms with Gasteiger partial charge in [0.15, 0.2) is 0 Å². The second-order valence-electron chi connectivity index (χ2n) is 6.47. The van der Waals surface area contributed by atoms with Crippen LogP contribution >= 0.6 is 0 Å². The molecule has 1 atom stereocenters. The molecule has 134 valence electrons. The van der Waals surface area contributed by atoms with Crippen LogP contribution in [-0.4, -0.2) is 33.7 Å². The molecular formula is C18H20F3N3O. The summed E-state index contributed by atoms with van der Waals surface area (Å²) in [7, 11) is 1.85. The lowest BCUT2D eigenvalue weighted by molar-refractivity contribution is -0.138. The van der Waals surface area contributed by atoms with Gasteiger partial charge >= 0.3 is 6.18 Å². The number of hydrogen-bond acceptors (Lipinski definition) is 2. The summed E-state index contributed by atoms with van der Waals surface area (Å²) in [5, 5.41) is 4.40. The number of carbonyl (C=O) groups excluding carboxylic acids is 1. The number of likely N-dealkylation sites (tertiary alicyclic amines) is 1. The van der Waals surface area contributed by atoms with E-state index in [1.54, 1.807) is 15.6 Å². The van der Waals surface area contributed by atoms with Gasteiger partial charge in [0.2, 0.25) is 5.91 Å². The molecule has 0 aliphatic carbocycles. The molecule has 2 aromatic rings. The van der Waals surface area contributed by atoms with Crippen molar-refractivity contribution in [3.05, 3.63) is 53.3 Å². The summed E-state index contributed by atoms with van der Waals surface area (Å²) in [4.78, 5) is 14.3. The maximum Gasteiger partial charge on any atom is 0.416 e. The van der Waals surface area contributed by atoms with Crippen LogP contribution in [-0.2, 0) is 24.4 Å². The molecule has 1 aliphatic heterocycles. The summed E-state index contributed by atoms with van der Waals surface area (Å²) in [5.41, 5.74) is 0.627. The Kier molecular flexibility index (Phi) is 4.83. The number of aromatic nitrogens is 2. The summed E-state index contributed by atoms with van der Waals surface area (Å²) in [5.74, 6) is 0.0420. The van der Waals surface area contributed by atoms with Crippen LogP contribution in [0.1, 0.15) is 35.6 Å². The fraction of sp³-hybridized carbons (Fsp3) is 0.444. The van der Waals surface area contributed by atoms with Crippen molar-refractivity contribution in [2.75, 3.05) is 13.1 Å². The van der Waals surface area contributed by atoms with Gasteiger partial charge in [0.05, 0.1) is 17.7 Å². The number of rotatable bonds is 3. The third kappa shape index (κ3) is 4.21. The van der Waals surface area contributed by atoms with Crippen molar-refractivity contribution in [3.63, 3.8) is 0 Å². The minimum absolute atomic E-state index is 0.0150. The number of amides is 1. The molecule has 0 bridgehead atoms. The summed E-state index contributed by atoms with van der Waals surface area (Å²) in [6, 6.07) is 6.93. The zero-order chi connectivity index (χ0) is 18.0. The van der Waals surface area contributed by atoms with E-state index in [1.165, 1.54) is 6.07 Å². The monoisotopic (exact) mass is 351 g/mol. The molecule has 4 nitrogen and oxygen atoms in total. The lowest BCUT2D eigenvalue weighted by Gasteiger charge is -2.32. The third-order valence-corrected chi connectivity index (χ3v) is 4.54. The van der Waals surface area contributed by atoms with Gasteiger partial charge in [-0.15, -0.1) is 0 Å². The van der Waals surface area contributed by atoms with Crippen molar-refractivity contribution in [1.82, 2.24) is 14.7 Å². The minimum Gasteiger partial charge on any atom is -0.342 e. The fourth-order valence-corrected chi connectivity index (χ4v) is 3.24. The second-order valence-corrected chi connectivity index (χ2v) is 6.47. The number of carbonyl (C=O) groups is 1. The largest absolute Gasteiger partial charge is 0.416 e. The summed E-state index contributed by atoms with van der Waals surface area (Å²) in [6.07, 6.45) is -0.703. The highest BCUT2D eigenvalue weighted by Gasteiger charge is 2.31. The number of nitrogens with zero attached hydrogens (tertiary/aromatic N) is 3. The predicted molar refractivity (Wildman–Crippen MR) is 86.9 cm³/mol. The molecule has 1 aromatic carbocycles. The number of halogens is 3. The Morgan fingerprint density at radius 2 is 2.12 bits per heavy atom. The van der Waals surface area contributed by atoms with Crippen LogP contribution in [0.3, 0.4) is 0 Å². The molecular weight excluding hydrogens is 331 g/mol. The highest BCUT2D eigenvalue weighted by atomic mass is 19.4. The van der Waals surface area contributed by atoms with Crippen LogP contribution in [0, 0.1) is 0 Å². The third-order valence-electron chi connectivity index (χ3n) is 4.54. The predicted octanol–water partition coefficient (Wildman–Crippen LogP) is 3.39. The van der Waals surface area contributed by atoms with Gasteiger partial charge < -0.3 is 4.90 Å². The van der Waals surface area contributed by atoms with Gasteiger partial charge in [-0.3, -0.25) is 9.48 Å². The van der Waals surface area contributed by atoms with E-state index >= 15 is 0 Å². The fourth-order valence-electron chi connectivity index (χ4n) is 3.24. The van der Waals surface area contributed by atoms with E-state index in [0.717, 1.165) is 30.7 Å². The van der Waals surface area contributed by atoms with Gasteiger partial charge in [-0.2, -0.15) is 18.3 Å². The Labute approximate surface area is 144 Å². The Balaban J connectivity index is 1.67. The zero-order valence-corrected chi connectivity index (χ0v) is 14.0. The Morgan fingerprint density at radius 3 is 2.80 bits per heavy atom. The molecule has 0 saturated carbocycles. The van der Waals surface area contributed by atoms with Crippen LogP contribution in [0.15, 0.2) is 36.5 Å². The lowest BCUT2D eigenvalue weighted by atomic mass is 9.94. The molecule has 2 heterocycles. The molecule has 1 fully saturated rings. The molecule has 3 rings (SSSR count). The Hall–Kier alpha value is -2.31. The van der Waals surface area contributed by atoms with Crippen molar-refractivity contribution in [2.24, 2.45) is 7.05 Å². The standard InChI is InChI=1S/C18H20F3N3O/c1-23-9-7-16(22-23)14-5-3-8-24(12-14)17(25)11-13-4-2-6-15(10-13)18(19,20)21/h2,4,6-7,9-10,14H,3,5,8,11-12H2,1H3. The zero-order valence-electron chi connectivity index (χ0n) is 14.0. The van der Waals surface area contributed by atoms with Crippen molar-refractivity contribution in [3.8, 4) is 0 Å². The van der Waals surface area contributed by atoms with Gasteiger partial charge in [-0.25, -0.2) is 0 Å². The first-order valence-corrected chi connectivity index (χ1v) is 8.26. The number of alkyl halides is 3. The van der Waals surface area contributed by atoms with E-state index in [-0.39, 0.29) is 18.2 Å². The van der Waals surface area contributed by atoms with Crippen molar-refractivity contribution in [1.29, 1.82) is 0 Å². The molecule has 0 spiro atoms. The quantitative estimate of drug-likeness (QED) is 0.850. The lowest BCUT2D eigenvalue weighted by Crippen LogP contribution is -2.40. The van der Waals surface area contributed by atoms with Crippen molar-refractivity contribution < 1.29 is 18.0 Å². The van der Waals surface area contributed by atoms with Crippen LogP contribution < -0.4 is 0 Å². The van der Waals surface area contributed by atoms with Gasteiger partial charge in [0.1, 0.15) is 0 Å². The van der Waals surface area contributed by atoms with E-state index in [4.69, 9.17) is 0 Å². The van der Waals surface area contributed by atoms with E-state index in [0.29, 0.717) is 18.7 Å². The number of aryl methyl sites for hydroxylation is 1. The van der Waals surface area contributed by atoms with Gasteiger partial charge in [0, 0.05) is 32.3 Å². The molecule has 1 aliphatic rings. The number of benzene rings is 1. The topological polar surface area (TPSA) is 38.1 Å². The van der Waals surface area contributed by atoms with E-state index in [1.807, 2.05) is 19.3 Å². The maximum absolute atomic E-state index is 12.8. The molecule has 25 heavy (non-hydrogen) atoms. The molecule has 0 N–H and O–H groups in total. The molecule has 7 heteroatoms. The first-order valence-electron chi connectivity index (χ1n) is 8.26. The summed E-state index contributed by atoms with van der Waals surface area (Å²) < 4.78 is 40.1. The smallest absolute Gasteiger partial charge is 0.342 e. The van der Waals surface area contributed by atoms with Crippen LogP contribution in [0.5, 0.6) is 0 Å². The van der Waals surface area contributed by atoms with E-state index in [2.05, 4.69) is 5.10 Å². The van der Waals surface area contributed by atoms with Crippen LogP contribution in [0.25, 0.3) is 0 Å². The second kappa shape index (κ2) is 6.90. The number of piperidine rings is 1. The number of hydrogen-bond donors (Lipinski definition) is 0. The van der Waals surface area contributed by atoms with Crippen LogP contribution in [0.4, 0.5) is 13.2 Å². The Bertz CT molecular complexity index is 754. The Morgan fingerprint density at radius 1 is 1.32 bits per heavy atom. The SMILES string of the molecule is Cn1ccc(C2CCCN(C(=O)Cc3cccc(C(F)(F)F)c3)C2)n1. The molecule has 0 radical (unpaired) electrons. The van der Waals surface area contributed by atoms with Crippen LogP contribution in [0.2, 0.25) is 0 Å². The van der Waals surface area contributed by atoms with Crippen molar-refractivity contribution in [2.45, 2.75) is 31.4 Å². The molecule has 1 unspecified atom stereocenters. The van der Waals surface area contributed by atoms with Gasteiger partial charge in [-0.05, 0) is 30.5 Å². The maximum atomic E-state index is 12.8. The first-order chi connectivity index (χ1) is 11.8. The summed E-state index contributed by atoms with van der Waals surface area (Å²) >= 11 is 0. The average Bonchev–Trinajstić information content (AvgIpc) is 3.01. The van der Waals surface area contributed by atoms with Gasteiger partial charge in [-0.1, -0.05) is 18.2 Å². The first kappa shape index (κ1) is 17.5.